The summed E-state index contributed by atoms with van der Waals surface area (Å²) < 4.78 is 26.0. The zero-order valence-corrected chi connectivity index (χ0v) is 7.56. The Morgan fingerprint density at radius 1 is 1.36 bits per heavy atom. The van der Waals surface area contributed by atoms with E-state index in [9.17, 15) is 13.9 Å². The van der Waals surface area contributed by atoms with E-state index in [-0.39, 0.29) is 12.0 Å². The summed E-state index contributed by atoms with van der Waals surface area (Å²) in [5.41, 5.74) is -0.678. The average molecular weight is 199 g/mol. The van der Waals surface area contributed by atoms with Crippen LogP contribution in [0.25, 0.3) is 0 Å². The fourth-order valence-electron chi connectivity index (χ4n) is 1.58. The minimum atomic E-state index is -0.908. The molecule has 4 heteroatoms. The van der Waals surface area contributed by atoms with Crippen molar-refractivity contribution in [2.75, 3.05) is 13.1 Å². The zero-order chi connectivity index (χ0) is 10.2. The first kappa shape index (κ1) is 9.55. The number of benzene rings is 1. The van der Waals surface area contributed by atoms with E-state index in [1.54, 1.807) is 0 Å². The van der Waals surface area contributed by atoms with Gasteiger partial charge in [-0.05, 0) is 11.6 Å². The van der Waals surface area contributed by atoms with Crippen molar-refractivity contribution in [2.45, 2.75) is 12.0 Å². The lowest BCUT2D eigenvalue weighted by atomic mass is 9.89. The van der Waals surface area contributed by atoms with E-state index >= 15 is 0 Å². The van der Waals surface area contributed by atoms with Gasteiger partial charge in [0.15, 0.2) is 11.6 Å². The average Bonchev–Trinajstić information content (AvgIpc) is 2.10. The molecule has 0 bridgehead atoms. The molecule has 0 aliphatic carbocycles. The maximum absolute atomic E-state index is 13.2. The summed E-state index contributed by atoms with van der Waals surface area (Å²) in [4.78, 5) is 0. The smallest absolute Gasteiger partial charge is 0.162 e. The number of nitrogens with one attached hydrogen (secondary N) is 1. The number of aliphatic hydroxyl groups is 1. The Bertz CT molecular complexity index is 350. The third-order valence-corrected chi connectivity index (χ3v) is 2.46. The van der Waals surface area contributed by atoms with Crippen molar-refractivity contribution in [3.8, 4) is 0 Å². The summed E-state index contributed by atoms with van der Waals surface area (Å²) >= 11 is 0. The lowest BCUT2D eigenvalue weighted by Gasteiger charge is -2.37. The molecule has 0 amide bonds. The molecule has 2 nitrogen and oxygen atoms in total. The molecular weight excluding hydrogens is 188 g/mol. The molecular formula is C10H11F2NO. The Kier molecular flexibility index (Phi) is 2.25. The fourth-order valence-corrected chi connectivity index (χ4v) is 1.58. The summed E-state index contributed by atoms with van der Waals surface area (Å²) in [6, 6.07) is 4.01. The van der Waals surface area contributed by atoms with Crippen molar-refractivity contribution in [3.63, 3.8) is 0 Å². The first-order valence-electron chi connectivity index (χ1n) is 4.47. The van der Waals surface area contributed by atoms with Gasteiger partial charge in [0, 0.05) is 19.5 Å². The molecule has 1 aliphatic rings. The molecule has 0 spiro atoms. The first-order chi connectivity index (χ1) is 6.61. The van der Waals surface area contributed by atoms with Gasteiger partial charge in [-0.2, -0.15) is 0 Å². The predicted molar refractivity (Wildman–Crippen MR) is 47.9 cm³/mol. The standard InChI is InChI=1S/C10H11F2NO/c11-8-3-1-2-7(9(8)12)4-10(14)5-13-6-10/h1-3,13-14H,4-6H2. The number of hydrogen-bond acceptors (Lipinski definition) is 2. The molecule has 0 radical (unpaired) electrons. The van der Waals surface area contributed by atoms with Crippen LogP contribution in [0.4, 0.5) is 8.78 Å². The summed E-state index contributed by atoms with van der Waals surface area (Å²) in [6.07, 6.45) is 0.156. The van der Waals surface area contributed by atoms with Crippen LogP contribution in [-0.4, -0.2) is 23.8 Å². The quantitative estimate of drug-likeness (QED) is 0.739. The second-order valence-electron chi connectivity index (χ2n) is 3.72. The number of hydrogen-bond donors (Lipinski definition) is 2. The van der Waals surface area contributed by atoms with Crippen LogP contribution in [0.1, 0.15) is 5.56 Å². The Morgan fingerprint density at radius 2 is 2.07 bits per heavy atom. The number of halogens is 2. The largest absolute Gasteiger partial charge is 0.387 e. The Morgan fingerprint density at radius 3 is 2.64 bits per heavy atom. The number of rotatable bonds is 2. The van der Waals surface area contributed by atoms with Crippen molar-refractivity contribution < 1.29 is 13.9 Å². The van der Waals surface area contributed by atoms with Crippen LogP contribution in [0.2, 0.25) is 0 Å². The van der Waals surface area contributed by atoms with Crippen LogP contribution in [0.5, 0.6) is 0 Å². The van der Waals surface area contributed by atoms with E-state index in [1.165, 1.54) is 12.1 Å². The van der Waals surface area contributed by atoms with Crippen LogP contribution in [0, 0.1) is 11.6 Å². The summed E-state index contributed by atoms with van der Waals surface area (Å²) in [5.74, 6) is -1.72. The molecule has 0 atom stereocenters. The van der Waals surface area contributed by atoms with Crippen molar-refractivity contribution >= 4 is 0 Å². The van der Waals surface area contributed by atoms with Gasteiger partial charge in [0.1, 0.15) is 0 Å². The monoisotopic (exact) mass is 199 g/mol. The summed E-state index contributed by atoms with van der Waals surface area (Å²) in [7, 11) is 0. The zero-order valence-electron chi connectivity index (χ0n) is 7.56. The van der Waals surface area contributed by atoms with Gasteiger partial charge in [0.25, 0.3) is 0 Å². The maximum Gasteiger partial charge on any atom is 0.162 e. The highest BCUT2D eigenvalue weighted by Crippen LogP contribution is 2.20. The van der Waals surface area contributed by atoms with Crippen molar-refractivity contribution in [1.29, 1.82) is 0 Å². The molecule has 2 rings (SSSR count). The van der Waals surface area contributed by atoms with Crippen molar-refractivity contribution in [3.05, 3.63) is 35.4 Å². The lowest BCUT2D eigenvalue weighted by Crippen LogP contribution is -2.60. The Labute approximate surface area is 80.6 Å². The molecule has 2 N–H and O–H groups in total. The van der Waals surface area contributed by atoms with E-state index in [2.05, 4.69) is 5.32 Å². The highest BCUT2D eigenvalue weighted by Gasteiger charge is 2.35. The van der Waals surface area contributed by atoms with E-state index in [0.29, 0.717) is 13.1 Å². The molecule has 1 saturated heterocycles. The highest BCUT2D eigenvalue weighted by molar-refractivity contribution is 5.22. The van der Waals surface area contributed by atoms with Crippen LogP contribution in [0.3, 0.4) is 0 Å². The molecule has 0 unspecified atom stereocenters. The normalized spacial score (nSPS) is 19.1. The minimum absolute atomic E-state index is 0.156. The van der Waals surface area contributed by atoms with Crippen LogP contribution in [0.15, 0.2) is 18.2 Å². The molecule has 1 fully saturated rings. The predicted octanol–water partition coefficient (Wildman–Crippen LogP) is 0.842. The van der Waals surface area contributed by atoms with Crippen molar-refractivity contribution in [2.24, 2.45) is 0 Å². The van der Waals surface area contributed by atoms with Gasteiger partial charge in [-0.1, -0.05) is 12.1 Å². The SMILES string of the molecule is OC1(Cc2cccc(F)c2F)CNC1. The Hall–Kier alpha value is -1.00. The van der Waals surface area contributed by atoms with E-state index in [1.807, 2.05) is 0 Å². The summed E-state index contributed by atoms with van der Waals surface area (Å²) in [5, 5.41) is 12.6. The van der Waals surface area contributed by atoms with E-state index in [4.69, 9.17) is 0 Å². The Balaban J connectivity index is 2.20. The highest BCUT2D eigenvalue weighted by atomic mass is 19.2. The van der Waals surface area contributed by atoms with Crippen molar-refractivity contribution in [1.82, 2.24) is 5.32 Å². The van der Waals surface area contributed by atoms with Crippen LogP contribution >= 0.6 is 0 Å². The molecule has 1 aromatic rings. The molecule has 0 saturated carbocycles. The number of β-amino-alcohol motifs (C(OH)–C–C–N with tert-alkyl or cyclic N) is 1. The van der Waals surface area contributed by atoms with E-state index in [0.717, 1.165) is 6.07 Å². The first-order valence-corrected chi connectivity index (χ1v) is 4.47. The molecule has 1 heterocycles. The van der Waals surface area contributed by atoms with Gasteiger partial charge in [0.05, 0.1) is 5.60 Å². The minimum Gasteiger partial charge on any atom is -0.387 e. The summed E-state index contributed by atoms with van der Waals surface area (Å²) in [6.45, 7) is 0.867. The molecule has 14 heavy (non-hydrogen) atoms. The molecule has 1 aromatic carbocycles. The van der Waals surface area contributed by atoms with Gasteiger partial charge in [0.2, 0.25) is 0 Å². The second kappa shape index (κ2) is 3.29. The van der Waals surface area contributed by atoms with Gasteiger partial charge in [-0.15, -0.1) is 0 Å². The maximum atomic E-state index is 13.2. The molecule has 1 aliphatic heterocycles. The van der Waals surface area contributed by atoms with Gasteiger partial charge < -0.3 is 10.4 Å². The van der Waals surface area contributed by atoms with Crippen LogP contribution < -0.4 is 5.32 Å². The van der Waals surface area contributed by atoms with Gasteiger partial charge in [-0.3, -0.25) is 0 Å². The van der Waals surface area contributed by atoms with Gasteiger partial charge in [-0.25, -0.2) is 8.78 Å². The van der Waals surface area contributed by atoms with Crippen LogP contribution in [-0.2, 0) is 6.42 Å². The third kappa shape index (κ3) is 1.63. The topological polar surface area (TPSA) is 32.3 Å². The van der Waals surface area contributed by atoms with E-state index < -0.39 is 17.2 Å². The molecule has 0 aromatic heterocycles. The second-order valence-corrected chi connectivity index (χ2v) is 3.72. The lowest BCUT2D eigenvalue weighted by molar-refractivity contribution is -0.00977. The van der Waals surface area contributed by atoms with Gasteiger partial charge >= 0.3 is 0 Å². The fraction of sp³-hybridized carbons (Fsp3) is 0.400. The molecule has 76 valence electrons. The third-order valence-electron chi connectivity index (χ3n) is 2.46.